The first kappa shape index (κ1) is 38.3. The van der Waals surface area contributed by atoms with Crippen molar-refractivity contribution in [3.63, 3.8) is 0 Å². The summed E-state index contributed by atoms with van der Waals surface area (Å²) >= 11 is 0. The van der Waals surface area contributed by atoms with Crippen LogP contribution in [0.1, 0.15) is 47.0 Å². The molecular weight excluding hydrogens is 757 g/mol. The van der Waals surface area contributed by atoms with E-state index >= 15 is 0 Å². The van der Waals surface area contributed by atoms with Gasteiger partial charge in [-0.2, -0.15) is 10.2 Å². The molecule has 1 aliphatic carbocycles. The fraction of sp³-hybridized carbons (Fsp3) is 0.364. The number of fused-ring (bicyclic) bond motifs is 6. The van der Waals surface area contributed by atoms with E-state index in [1.165, 1.54) is 18.6 Å². The Bertz CT molecular complexity index is 2430. The summed E-state index contributed by atoms with van der Waals surface area (Å²) in [5.41, 5.74) is 10.6. The summed E-state index contributed by atoms with van der Waals surface area (Å²) in [7, 11) is 2.07. The predicted molar refractivity (Wildman–Crippen MR) is 225 cm³/mol. The monoisotopic (exact) mass is 803 g/mol. The molecule has 0 bridgehead atoms. The van der Waals surface area contributed by atoms with Crippen molar-refractivity contribution in [2.24, 2.45) is 10.2 Å². The lowest BCUT2D eigenvalue weighted by atomic mass is 9.78. The summed E-state index contributed by atoms with van der Waals surface area (Å²) in [4.78, 5) is 30.4. The van der Waals surface area contributed by atoms with Crippen molar-refractivity contribution in [3.05, 3.63) is 84.4 Å². The van der Waals surface area contributed by atoms with Gasteiger partial charge in [-0.15, -0.1) is 0 Å². The van der Waals surface area contributed by atoms with Gasteiger partial charge in [-0.1, -0.05) is 36.4 Å². The van der Waals surface area contributed by atoms with E-state index in [0.717, 1.165) is 59.8 Å². The van der Waals surface area contributed by atoms with Gasteiger partial charge < -0.3 is 34.8 Å². The Morgan fingerprint density at radius 2 is 1.12 bits per heavy atom. The molecule has 2 fully saturated rings. The molecule has 13 nitrogen and oxygen atoms in total. The number of rotatable bonds is 6. The Hall–Kier alpha value is -6.22. The molecule has 15 heteroatoms. The Labute approximate surface area is 341 Å². The number of ether oxygens (including phenoxy) is 2. The van der Waals surface area contributed by atoms with Crippen molar-refractivity contribution in [1.82, 2.24) is 15.8 Å². The van der Waals surface area contributed by atoms with Gasteiger partial charge in [-0.25, -0.2) is 19.6 Å². The van der Waals surface area contributed by atoms with E-state index in [0.29, 0.717) is 34.3 Å². The van der Waals surface area contributed by atoms with Gasteiger partial charge in [0.25, 0.3) is 11.8 Å². The topological polar surface area (TPSA) is 135 Å². The van der Waals surface area contributed by atoms with E-state index in [9.17, 15) is 18.4 Å². The van der Waals surface area contributed by atoms with E-state index in [2.05, 4.69) is 57.5 Å². The minimum atomic E-state index is -0.419. The van der Waals surface area contributed by atoms with Crippen LogP contribution in [-0.2, 0) is 9.59 Å². The molecule has 1 saturated carbocycles. The number of likely N-dealkylation sites (tertiary alicyclic amines) is 1. The van der Waals surface area contributed by atoms with E-state index in [1.807, 2.05) is 60.0 Å². The Balaban J connectivity index is 0.000000152. The Kier molecular flexibility index (Phi) is 9.45. The van der Waals surface area contributed by atoms with Crippen LogP contribution in [0, 0.1) is 11.6 Å². The first-order valence-corrected chi connectivity index (χ1v) is 20.0. The van der Waals surface area contributed by atoms with E-state index in [4.69, 9.17) is 9.47 Å². The zero-order valence-corrected chi connectivity index (χ0v) is 33.7. The van der Waals surface area contributed by atoms with Crippen LogP contribution in [0.3, 0.4) is 0 Å². The minimum absolute atomic E-state index is 0.0222. The van der Waals surface area contributed by atoms with Crippen molar-refractivity contribution in [1.29, 1.82) is 0 Å². The number of hydrogen-bond donors (Lipinski definition) is 4. The van der Waals surface area contributed by atoms with Gasteiger partial charge in [0.05, 0.1) is 16.9 Å². The molecule has 59 heavy (non-hydrogen) atoms. The summed E-state index contributed by atoms with van der Waals surface area (Å²) in [5, 5.41) is 15.5. The van der Waals surface area contributed by atoms with Crippen LogP contribution in [0.25, 0.3) is 22.3 Å². The second kappa shape index (κ2) is 14.6. The number of likely N-dealkylation sites (N-methyl/N-ethyl adjacent to an activating group) is 1. The average molecular weight is 804 g/mol. The van der Waals surface area contributed by atoms with Crippen molar-refractivity contribution in [3.8, 4) is 33.8 Å². The highest BCUT2D eigenvalue weighted by Gasteiger charge is 2.40. The first-order chi connectivity index (χ1) is 28.3. The number of carbonyl (C=O) groups is 2. The van der Waals surface area contributed by atoms with Crippen molar-refractivity contribution in [2.45, 2.75) is 70.1 Å². The number of hydrazone groups is 2. The quantitative estimate of drug-likeness (QED) is 0.172. The number of carbonyl (C=O) groups excluding carboxylic acids is 2. The van der Waals surface area contributed by atoms with Gasteiger partial charge in [0.1, 0.15) is 48.4 Å². The molecule has 6 aliphatic rings. The number of nitrogens with one attached hydrogen (secondary N) is 4. The molecule has 2 atom stereocenters. The normalized spacial score (nSPS) is 21.9. The van der Waals surface area contributed by atoms with Crippen LogP contribution in [0.2, 0.25) is 0 Å². The third kappa shape index (κ3) is 6.96. The summed E-state index contributed by atoms with van der Waals surface area (Å²) in [6.07, 6.45) is 3.30. The molecular formula is C44H47F2N9O4. The molecule has 4 aromatic rings. The van der Waals surface area contributed by atoms with Gasteiger partial charge in [0.15, 0.2) is 11.7 Å². The molecule has 5 aliphatic heterocycles. The van der Waals surface area contributed by atoms with Crippen molar-refractivity contribution < 1.29 is 27.8 Å². The van der Waals surface area contributed by atoms with Gasteiger partial charge in [0.2, 0.25) is 0 Å². The molecule has 0 spiro atoms. The molecule has 5 heterocycles. The fourth-order valence-corrected chi connectivity index (χ4v) is 8.86. The second-order valence-electron chi connectivity index (χ2n) is 16.8. The highest BCUT2D eigenvalue weighted by atomic mass is 19.1. The molecule has 1 saturated heterocycles. The minimum Gasteiger partial charge on any atom is -0.483 e. The Morgan fingerprint density at radius 1 is 0.678 bits per heavy atom. The lowest BCUT2D eigenvalue weighted by Gasteiger charge is -2.48. The molecule has 4 aromatic carbocycles. The van der Waals surface area contributed by atoms with Crippen LogP contribution in [0.4, 0.5) is 31.5 Å². The molecule has 10 rings (SSSR count). The largest absolute Gasteiger partial charge is 0.483 e. The van der Waals surface area contributed by atoms with Crippen LogP contribution < -0.4 is 40.8 Å². The van der Waals surface area contributed by atoms with E-state index in [1.54, 1.807) is 24.3 Å². The van der Waals surface area contributed by atoms with Crippen molar-refractivity contribution in [2.75, 3.05) is 53.8 Å². The van der Waals surface area contributed by atoms with Crippen LogP contribution in [0.5, 0.6) is 11.5 Å². The average Bonchev–Trinajstić information content (AvgIpc) is 3.19. The van der Waals surface area contributed by atoms with Crippen LogP contribution in [0.15, 0.2) is 83.0 Å². The standard InChI is InChI=1S/C22H24FN5O2.C22H23FN4O2/c1-13-21(29)26-25-20-10-30-19-8-15(14-6-4-5-7-16(14)23)17(9-18(19)28(13)20)24-22(2)11-27(3)12-22;1-13-21(28)26-25-20-12-29-19-10-15(14-6-3-4-7-16(14)23)17(11-18(19)27(13)20)24-22(2)8-5-9-22/h4-9,13,24H,10-12H2,1-3H3,(H,26,29);3-4,6-7,10-11,13,24H,5,8-9,12H2,1-2H3,(H,26,28). The SMILES string of the molecule is CC1C(=O)NN=C2COc3cc(-c4ccccc4F)c(NC4(C)CCC4)cc3N21.CC1C(=O)NN=C2COc3cc(-c4ccccc4F)c(NC4(C)CN(C)C4)cc3N21. The number of amidine groups is 2. The number of nitrogens with zero attached hydrogens (tertiary/aromatic N) is 5. The highest BCUT2D eigenvalue weighted by Crippen LogP contribution is 2.47. The Morgan fingerprint density at radius 3 is 1.53 bits per heavy atom. The van der Waals surface area contributed by atoms with Crippen LogP contribution in [-0.4, -0.2) is 84.9 Å². The van der Waals surface area contributed by atoms with Crippen molar-refractivity contribution >= 4 is 46.2 Å². The maximum absolute atomic E-state index is 14.7. The first-order valence-electron chi connectivity index (χ1n) is 20.0. The zero-order valence-electron chi connectivity index (χ0n) is 33.7. The van der Waals surface area contributed by atoms with Gasteiger partial charge >= 0.3 is 0 Å². The number of anilines is 4. The molecule has 2 unspecified atom stereocenters. The third-order valence-corrected chi connectivity index (χ3v) is 12.0. The van der Waals surface area contributed by atoms with Gasteiger partial charge in [0, 0.05) is 52.3 Å². The zero-order chi connectivity index (χ0) is 41.2. The van der Waals surface area contributed by atoms with E-state index < -0.39 is 12.1 Å². The van der Waals surface area contributed by atoms with Gasteiger partial charge in [-0.3, -0.25) is 9.59 Å². The number of hydrogen-bond acceptors (Lipinski definition) is 11. The maximum atomic E-state index is 14.7. The maximum Gasteiger partial charge on any atom is 0.262 e. The number of amides is 2. The molecule has 0 aromatic heterocycles. The molecule has 4 N–H and O–H groups in total. The summed E-state index contributed by atoms with van der Waals surface area (Å²) < 4.78 is 41.2. The summed E-state index contributed by atoms with van der Waals surface area (Å²) in [6, 6.07) is 20.3. The highest BCUT2D eigenvalue weighted by molar-refractivity contribution is 6.11. The van der Waals surface area contributed by atoms with Gasteiger partial charge in [-0.05, 0) is 90.4 Å². The molecule has 0 radical (unpaired) electrons. The fourth-order valence-electron chi connectivity index (χ4n) is 8.86. The van der Waals surface area contributed by atoms with E-state index in [-0.39, 0.29) is 47.7 Å². The lowest BCUT2D eigenvalue weighted by Crippen LogP contribution is -2.62. The lowest BCUT2D eigenvalue weighted by molar-refractivity contribution is -0.123. The second-order valence-corrected chi connectivity index (χ2v) is 16.8. The third-order valence-electron chi connectivity index (χ3n) is 12.0. The molecule has 306 valence electrons. The smallest absolute Gasteiger partial charge is 0.262 e. The van der Waals surface area contributed by atoms with Crippen LogP contribution >= 0.6 is 0 Å². The predicted octanol–water partition coefficient (Wildman–Crippen LogP) is 6.52. The number of halogens is 2. The summed E-state index contributed by atoms with van der Waals surface area (Å²) in [5.74, 6) is 1.62. The number of benzene rings is 4. The summed E-state index contributed by atoms with van der Waals surface area (Å²) in [6.45, 7) is 10.3. The molecule has 2 amide bonds.